The van der Waals surface area contributed by atoms with Gasteiger partial charge in [-0.1, -0.05) is 18.2 Å². The summed E-state index contributed by atoms with van der Waals surface area (Å²) in [5.74, 6) is 0.681. The average Bonchev–Trinajstić information content (AvgIpc) is 3.40. The first-order valence-electron chi connectivity index (χ1n) is 10.6. The van der Waals surface area contributed by atoms with E-state index in [0.717, 1.165) is 36.8 Å². The monoisotopic (exact) mass is 437 g/mol. The number of carbonyl (C=O) groups is 1. The number of anilines is 1. The summed E-state index contributed by atoms with van der Waals surface area (Å²) in [6.07, 6.45) is 6.16. The van der Waals surface area contributed by atoms with Gasteiger partial charge < -0.3 is 20.2 Å². The van der Waals surface area contributed by atoms with E-state index in [-0.39, 0.29) is 23.2 Å². The van der Waals surface area contributed by atoms with Gasteiger partial charge >= 0.3 is 0 Å². The number of para-hydroxylation sites is 1. The number of nitrogens with one attached hydrogen (secondary N) is 3. The molecule has 4 heterocycles. The number of carbonyl (C=O) groups excluding carboxylic acids is 1. The molecule has 1 aliphatic heterocycles. The maximum atomic E-state index is 13.0. The molecular weight excluding hydrogens is 414 g/mol. The molecule has 8 nitrogen and oxygen atoms in total. The van der Waals surface area contributed by atoms with Crippen LogP contribution < -0.4 is 10.2 Å². The first-order chi connectivity index (χ1) is 15.1. The Morgan fingerprint density at radius 3 is 3.10 bits per heavy atom. The zero-order valence-corrected chi connectivity index (χ0v) is 18.0. The van der Waals surface area contributed by atoms with Crippen molar-refractivity contribution >= 4 is 45.4 Å². The van der Waals surface area contributed by atoms with Crippen LogP contribution in [0.15, 0.2) is 36.8 Å². The van der Waals surface area contributed by atoms with E-state index in [1.54, 1.807) is 6.33 Å². The minimum absolute atomic E-state index is 0.0369. The fourth-order valence-electron chi connectivity index (χ4n) is 4.45. The van der Waals surface area contributed by atoms with Crippen molar-refractivity contribution in [3.05, 3.63) is 47.6 Å². The molecule has 0 bridgehead atoms. The van der Waals surface area contributed by atoms with Crippen LogP contribution in [0.1, 0.15) is 25.3 Å². The molecule has 2 atom stereocenters. The van der Waals surface area contributed by atoms with Crippen LogP contribution in [0.3, 0.4) is 0 Å². The van der Waals surface area contributed by atoms with Gasteiger partial charge in [-0.25, -0.2) is 4.98 Å². The SMILES string of the molecule is C[C@H](Cc1c[nH]c2ccccc12)NC(=O)[C@H]1CCCN(c2nc(Cl)nc3nc[nH]c23)C1. The van der Waals surface area contributed by atoms with Crippen molar-refractivity contribution in [3.8, 4) is 0 Å². The van der Waals surface area contributed by atoms with Gasteiger partial charge in [0, 0.05) is 36.2 Å². The number of halogens is 1. The van der Waals surface area contributed by atoms with Gasteiger partial charge in [-0.3, -0.25) is 4.79 Å². The second-order valence-electron chi connectivity index (χ2n) is 8.18. The highest BCUT2D eigenvalue weighted by molar-refractivity contribution is 6.28. The highest BCUT2D eigenvalue weighted by Gasteiger charge is 2.29. The Labute approximate surface area is 184 Å². The Bertz CT molecular complexity index is 1230. The summed E-state index contributed by atoms with van der Waals surface area (Å²) < 4.78 is 0. The third-order valence-electron chi connectivity index (χ3n) is 5.92. The van der Waals surface area contributed by atoms with E-state index in [1.807, 2.05) is 18.3 Å². The van der Waals surface area contributed by atoms with Crippen molar-refractivity contribution in [2.75, 3.05) is 18.0 Å². The Morgan fingerprint density at radius 1 is 1.32 bits per heavy atom. The molecule has 1 aromatic carbocycles. The van der Waals surface area contributed by atoms with Crippen LogP contribution in [0, 0.1) is 5.92 Å². The van der Waals surface area contributed by atoms with E-state index in [0.29, 0.717) is 18.0 Å². The molecule has 3 N–H and O–H groups in total. The lowest BCUT2D eigenvalue weighted by Crippen LogP contribution is -2.46. The lowest BCUT2D eigenvalue weighted by Gasteiger charge is -2.33. The van der Waals surface area contributed by atoms with E-state index < -0.39 is 0 Å². The van der Waals surface area contributed by atoms with Crippen molar-refractivity contribution < 1.29 is 4.79 Å². The van der Waals surface area contributed by atoms with E-state index >= 15 is 0 Å². The molecule has 31 heavy (non-hydrogen) atoms. The normalized spacial score (nSPS) is 17.9. The molecule has 1 aliphatic rings. The van der Waals surface area contributed by atoms with Gasteiger partial charge in [0.2, 0.25) is 11.2 Å². The Kier molecular flexibility index (Phi) is 5.23. The number of imidazole rings is 1. The number of H-pyrrole nitrogens is 2. The summed E-state index contributed by atoms with van der Waals surface area (Å²) >= 11 is 6.09. The number of aromatic nitrogens is 5. The minimum Gasteiger partial charge on any atom is -0.361 e. The van der Waals surface area contributed by atoms with Crippen LogP contribution >= 0.6 is 11.6 Å². The van der Waals surface area contributed by atoms with Gasteiger partial charge in [0.25, 0.3) is 0 Å². The lowest BCUT2D eigenvalue weighted by molar-refractivity contribution is -0.125. The van der Waals surface area contributed by atoms with Crippen molar-refractivity contribution in [2.24, 2.45) is 5.92 Å². The number of rotatable bonds is 5. The molecule has 3 aromatic heterocycles. The summed E-state index contributed by atoms with van der Waals surface area (Å²) in [7, 11) is 0. The fourth-order valence-corrected chi connectivity index (χ4v) is 4.61. The van der Waals surface area contributed by atoms with Gasteiger partial charge in [-0.05, 0) is 49.4 Å². The Morgan fingerprint density at radius 2 is 2.19 bits per heavy atom. The first kappa shape index (κ1) is 19.8. The third kappa shape index (κ3) is 3.95. The standard InChI is InChI=1S/C22H24ClN7O/c1-13(9-15-10-24-17-7-3-2-6-16(15)17)27-21(31)14-5-4-8-30(11-14)20-18-19(26-12-25-18)28-22(23)29-20/h2-3,6-7,10,12-14,24H,4-5,8-9,11H2,1H3,(H,27,31)(H,25,26,28,29)/t13-,14+/m1/s1. The number of nitrogens with zero attached hydrogens (tertiary/aromatic N) is 4. The summed E-state index contributed by atoms with van der Waals surface area (Å²) in [6.45, 7) is 3.46. The van der Waals surface area contributed by atoms with Crippen LogP contribution in [0.25, 0.3) is 22.1 Å². The molecule has 0 unspecified atom stereocenters. The smallest absolute Gasteiger partial charge is 0.226 e. The van der Waals surface area contributed by atoms with Gasteiger partial charge in [-0.15, -0.1) is 0 Å². The molecule has 5 rings (SSSR count). The maximum absolute atomic E-state index is 13.0. The molecule has 1 saturated heterocycles. The van der Waals surface area contributed by atoms with Crippen LogP contribution in [0.2, 0.25) is 5.28 Å². The van der Waals surface area contributed by atoms with Crippen molar-refractivity contribution in [3.63, 3.8) is 0 Å². The van der Waals surface area contributed by atoms with Crippen molar-refractivity contribution in [1.82, 2.24) is 30.2 Å². The topological polar surface area (TPSA) is 103 Å². The third-order valence-corrected chi connectivity index (χ3v) is 6.09. The zero-order chi connectivity index (χ0) is 21.4. The van der Waals surface area contributed by atoms with Crippen LogP contribution in [-0.4, -0.2) is 50.0 Å². The number of benzene rings is 1. The predicted octanol–water partition coefficient (Wildman–Crippen LogP) is 3.45. The van der Waals surface area contributed by atoms with Crippen LogP contribution in [-0.2, 0) is 11.2 Å². The number of piperidine rings is 1. The van der Waals surface area contributed by atoms with E-state index in [9.17, 15) is 4.79 Å². The van der Waals surface area contributed by atoms with Crippen molar-refractivity contribution in [1.29, 1.82) is 0 Å². The number of hydrogen-bond donors (Lipinski definition) is 3. The second-order valence-corrected chi connectivity index (χ2v) is 8.51. The highest BCUT2D eigenvalue weighted by atomic mass is 35.5. The average molecular weight is 438 g/mol. The molecule has 1 amide bonds. The summed E-state index contributed by atoms with van der Waals surface area (Å²) in [4.78, 5) is 34.3. The molecule has 1 fully saturated rings. The molecule has 160 valence electrons. The van der Waals surface area contributed by atoms with Gasteiger partial charge in [0.15, 0.2) is 11.5 Å². The maximum Gasteiger partial charge on any atom is 0.226 e. The van der Waals surface area contributed by atoms with Gasteiger partial charge in [-0.2, -0.15) is 9.97 Å². The molecule has 4 aromatic rings. The molecule has 9 heteroatoms. The van der Waals surface area contributed by atoms with Crippen LogP contribution in [0.5, 0.6) is 0 Å². The van der Waals surface area contributed by atoms with Gasteiger partial charge in [0.1, 0.15) is 5.52 Å². The number of fused-ring (bicyclic) bond motifs is 2. The highest BCUT2D eigenvalue weighted by Crippen LogP contribution is 2.28. The fraction of sp³-hybridized carbons (Fsp3) is 0.364. The quantitative estimate of drug-likeness (QED) is 0.415. The zero-order valence-electron chi connectivity index (χ0n) is 17.2. The summed E-state index contributed by atoms with van der Waals surface area (Å²) in [5.41, 5.74) is 3.62. The summed E-state index contributed by atoms with van der Waals surface area (Å²) in [5, 5.41) is 4.58. The largest absolute Gasteiger partial charge is 0.361 e. The first-order valence-corrected chi connectivity index (χ1v) is 10.9. The predicted molar refractivity (Wildman–Crippen MR) is 121 cm³/mol. The number of aromatic amines is 2. The molecule has 0 aliphatic carbocycles. The Balaban J connectivity index is 1.26. The molecule has 0 spiro atoms. The molecule has 0 saturated carbocycles. The van der Waals surface area contributed by atoms with E-state index in [4.69, 9.17) is 11.6 Å². The lowest BCUT2D eigenvalue weighted by atomic mass is 9.96. The second kappa shape index (κ2) is 8.19. The Hall–Kier alpha value is -3.13. The summed E-state index contributed by atoms with van der Waals surface area (Å²) in [6, 6.07) is 8.27. The van der Waals surface area contributed by atoms with E-state index in [2.05, 4.69) is 54.2 Å². The van der Waals surface area contributed by atoms with E-state index in [1.165, 1.54) is 10.9 Å². The minimum atomic E-state index is -0.106. The molecular formula is C22H24ClN7O. The van der Waals surface area contributed by atoms with Crippen molar-refractivity contribution in [2.45, 2.75) is 32.2 Å². The molecule has 0 radical (unpaired) electrons. The van der Waals surface area contributed by atoms with Crippen LogP contribution in [0.4, 0.5) is 5.82 Å². The van der Waals surface area contributed by atoms with Gasteiger partial charge in [0.05, 0.1) is 12.2 Å². The number of amides is 1. The number of hydrogen-bond acceptors (Lipinski definition) is 5.